The van der Waals surface area contributed by atoms with E-state index in [0.29, 0.717) is 11.8 Å². The van der Waals surface area contributed by atoms with Crippen molar-refractivity contribution in [3.05, 3.63) is 23.7 Å². The van der Waals surface area contributed by atoms with Gasteiger partial charge in [0.05, 0.1) is 13.2 Å². The fourth-order valence-electron chi connectivity index (χ4n) is 2.99. The van der Waals surface area contributed by atoms with E-state index in [1.165, 1.54) is 13.5 Å². The molecule has 0 spiro atoms. The zero-order chi connectivity index (χ0) is 14.0. The lowest BCUT2D eigenvalue weighted by Crippen LogP contribution is -2.40. The van der Waals surface area contributed by atoms with Gasteiger partial charge in [-0.2, -0.15) is 0 Å². The van der Waals surface area contributed by atoms with Crippen LogP contribution in [0, 0.1) is 11.8 Å². The van der Waals surface area contributed by atoms with Crippen molar-refractivity contribution in [1.82, 2.24) is 4.90 Å². The Morgan fingerprint density at radius 2 is 2.00 bits per heavy atom. The highest BCUT2D eigenvalue weighted by molar-refractivity contribution is 5.86. The number of esters is 1. The Morgan fingerprint density at radius 3 is 2.58 bits per heavy atom. The van der Waals surface area contributed by atoms with Gasteiger partial charge in [0.1, 0.15) is 5.76 Å². The number of ether oxygens (including phenoxy) is 1. The first-order chi connectivity index (χ1) is 9.01. The fourth-order valence-corrected chi connectivity index (χ4v) is 2.99. The van der Waals surface area contributed by atoms with Gasteiger partial charge in [-0.3, -0.25) is 4.90 Å². The lowest BCUT2D eigenvalue weighted by Gasteiger charge is -2.38. The zero-order valence-electron chi connectivity index (χ0n) is 12.2. The van der Waals surface area contributed by atoms with Gasteiger partial charge in [0.2, 0.25) is 5.76 Å². The second kappa shape index (κ2) is 5.78. The number of furan rings is 1. The molecule has 0 bridgehead atoms. The number of methoxy groups -OCH3 is 1. The summed E-state index contributed by atoms with van der Waals surface area (Å²) in [6, 6.07) is 3.76. The lowest BCUT2D eigenvalue weighted by atomic mass is 9.91. The maximum atomic E-state index is 11.4. The largest absolute Gasteiger partial charge is 0.463 e. The van der Waals surface area contributed by atoms with E-state index >= 15 is 0 Å². The molecule has 0 radical (unpaired) electrons. The number of hydrogen-bond donors (Lipinski definition) is 0. The molecule has 0 saturated carbocycles. The molecule has 4 nitrogen and oxygen atoms in total. The summed E-state index contributed by atoms with van der Waals surface area (Å²) in [5, 5.41) is 0. The van der Waals surface area contributed by atoms with Gasteiger partial charge in [-0.25, -0.2) is 4.79 Å². The smallest absolute Gasteiger partial charge is 0.373 e. The third-order valence-electron chi connectivity index (χ3n) is 3.87. The standard InChI is InChI=1S/C15H23NO3/c1-10-7-11(2)9-16(8-10)12(3)13-5-6-14(19-13)15(17)18-4/h5-6,10-12H,7-9H2,1-4H3. The van der Waals surface area contributed by atoms with E-state index in [1.54, 1.807) is 6.07 Å². The Labute approximate surface area is 114 Å². The van der Waals surface area contributed by atoms with E-state index in [4.69, 9.17) is 4.42 Å². The molecule has 3 atom stereocenters. The van der Waals surface area contributed by atoms with Gasteiger partial charge in [0.25, 0.3) is 0 Å². The Kier molecular flexibility index (Phi) is 4.30. The monoisotopic (exact) mass is 265 g/mol. The maximum Gasteiger partial charge on any atom is 0.373 e. The van der Waals surface area contributed by atoms with Crippen molar-refractivity contribution in [3.8, 4) is 0 Å². The molecule has 1 aliphatic heterocycles. The topological polar surface area (TPSA) is 42.7 Å². The van der Waals surface area contributed by atoms with Crippen molar-refractivity contribution in [2.45, 2.75) is 33.2 Å². The van der Waals surface area contributed by atoms with Crippen LogP contribution in [0.2, 0.25) is 0 Å². The van der Waals surface area contributed by atoms with Crippen LogP contribution in [0.15, 0.2) is 16.5 Å². The first-order valence-corrected chi connectivity index (χ1v) is 6.93. The van der Waals surface area contributed by atoms with Crippen LogP contribution in [0.4, 0.5) is 0 Å². The molecular formula is C15H23NO3. The minimum atomic E-state index is -0.418. The van der Waals surface area contributed by atoms with Crippen molar-refractivity contribution < 1.29 is 13.9 Å². The van der Waals surface area contributed by atoms with Crippen LogP contribution in [0.1, 0.15) is 49.5 Å². The molecule has 0 aromatic carbocycles. The molecule has 106 valence electrons. The number of carbonyl (C=O) groups is 1. The Morgan fingerprint density at radius 1 is 1.37 bits per heavy atom. The first-order valence-electron chi connectivity index (χ1n) is 6.93. The molecule has 0 amide bonds. The van der Waals surface area contributed by atoms with E-state index < -0.39 is 5.97 Å². The maximum absolute atomic E-state index is 11.4. The molecular weight excluding hydrogens is 242 g/mol. The third kappa shape index (κ3) is 3.18. The van der Waals surface area contributed by atoms with Gasteiger partial charge in [-0.15, -0.1) is 0 Å². The number of hydrogen-bond acceptors (Lipinski definition) is 4. The summed E-state index contributed by atoms with van der Waals surface area (Å²) < 4.78 is 10.3. The van der Waals surface area contributed by atoms with Crippen LogP contribution >= 0.6 is 0 Å². The first kappa shape index (κ1) is 14.1. The summed E-state index contributed by atoms with van der Waals surface area (Å²) in [7, 11) is 1.36. The Balaban J connectivity index is 2.08. The highest BCUT2D eigenvalue weighted by Crippen LogP contribution is 2.29. The molecule has 3 unspecified atom stereocenters. The number of carbonyl (C=O) groups excluding carboxylic acids is 1. The molecule has 2 heterocycles. The van der Waals surface area contributed by atoms with E-state index in [2.05, 4.69) is 30.4 Å². The molecule has 19 heavy (non-hydrogen) atoms. The highest BCUT2D eigenvalue weighted by Gasteiger charge is 2.27. The molecule has 2 rings (SSSR count). The molecule has 1 aliphatic rings. The average Bonchev–Trinajstić information content (AvgIpc) is 2.85. The average molecular weight is 265 g/mol. The molecule has 0 N–H and O–H groups in total. The highest BCUT2D eigenvalue weighted by atomic mass is 16.5. The summed E-state index contributed by atoms with van der Waals surface area (Å²) >= 11 is 0. The van der Waals surface area contributed by atoms with Crippen LogP contribution in [-0.4, -0.2) is 31.1 Å². The van der Waals surface area contributed by atoms with Gasteiger partial charge in [-0.05, 0) is 37.3 Å². The Hall–Kier alpha value is -1.29. The van der Waals surface area contributed by atoms with Gasteiger partial charge >= 0.3 is 5.97 Å². The minimum Gasteiger partial charge on any atom is -0.463 e. The van der Waals surface area contributed by atoms with Crippen molar-refractivity contribution in [2.24, 2.45) is 11.8 Å². The minimum absolute atomic E-state index is 0.198. The van der Waals surface area contributed by atoms with Gasteiger partial charge < -0.3 is 9.15 Å². The number of likely N-dealkylation sites (tertiary alicyclic amines) is 1. The van der Waals surface area contributed by atoms with Crippen LogP contribution in [-0.2, 0) is 4.74 Å². The SMILES string of the molecule is COC(=O)c1ccc(C(C)N2CC(C)CC(C)C2)o1. The van der Waals surface area contributed by atoms with E-state index in [9.17, 15) is 4.79 Å². The predicted octanol–water partition coefficient (Wildman–Crippen LogP) is 3.11. The summed E-state index contributed by atoms with van der Waals surface area (Å²) in [4.78, 5) is 13.8. The van der Waals surface area contributed by atoms with E-state index in [-0.39, 0.29) is 11.8 Å². The van der Waals surface area contributed by atoms with Gasteiger partial charge in [0, 0.05) is 13.1 Å². The second-order valence-corrected chi connectivity index (χ2v) is 5.77. The summed E-state index contributed by atoms with van der Waals surface area (Å²) in [5.41, 5.74) is 0. The van der Waals surface area contributed by atoms with Gasteiger partial charge in [-0.1, -0.05) is 13.8 Å². The van der Waals surface area contributed by atoms with Crippen molar-refractivity contribution in [1.29, 1.82) is 0 Å². The third-order valence-corrected chi connectivity index (χ3v) is 3.87. The summed E-state index contributed by atoms with van der Waals surface area (Å²) in [6.07, 6.45) is 1.29. The lowest BCUT2D eigenvalue weighted by molar-refractivity contribution is 0.0550. The number of piperidine rings is 1. The number of nitrogens with zero attached hydrogens (tertiary/aromatic N) is 1. The fraction of sp³-hybridized carbons (Fsp3) is 0.667. The molecule has 1 fully saturated rings. The van der Waals surface area contributed by atoms with Crippen molar-refractivity contribution in [3.63, 3.8) is 0 Å². The van der Waals surface area contributed by atoms with Crippen LogP contribution in [0.5, 0.6) is 0 Å². The summed E-state index contributed by atoms with van der Waals surface area (Å²) in [6.45, 7) is 8.87. The zero-order valence-corrected chi connectivity index (χ0v) is 12.2. The van der Waals surface area contributed by atoms with Crippen LogP contribution < -0.4 is 0 Å². The predicted molar refractivity (Wildman–Crippen MR) is 73.0 cm³/mol. The second-order valence-electron chi connectivity index (χ2n) is 5.77. The molecule has 1 aromatic rings. The van der Waals surface area contributed by atoms with E-state index in [0.717, 1.165) is 18.8 Å². The van der Waals surface area contributed by atoms with Crippen molar-refractivity contribution >= 4 is 5.97 Å². The quantitative estimate of drug-likeness (QED) is 0.788. The van der Waals surface area contributed by atoms with Crippen molar-refractivity contribution in [2.75, 3.05) is 20.2 Å². The molecule has 0 aliphatic carbocycles. The molecule has 1 saturated heterocycles. The van der Waals surface area contributed by atoms with Gasteiger partial charge in [0.15, 0.2) is 0 Å². The van der Waals surface area contributed by atoms with Crippen LogP contribution in [0.25, 0.3) is 0 Å². The summed E-state index contributed by atoms with van der Waals surface area (Å²) in [5.74, 6) is 2.12. The molecule has 1 aromatic heterocycles. The normalized spacial score (nSPS) is 26.1. The van der Waals surface area contributed by atoms with E-state index in [1.807, 2.05) is 6.07 Å². The van der Waals surface area contributed by atoms with Crippen LogP contribution in [0.3, 0.4) is 0 Å². The molecule has 4 heteroatoms. The number of rotatable bonds is 3. The Bertz CT molecular complexity index is 430.